The maximum atomic E-state index is 13.3. The van der Waals surface area contributed by atoms with E-state index in [1.54, 1.807) is 19.1 Å². The lowest BCUT2D eigenvalue weighted by Gasteiger charge is -2.41. The number of aliphatic hydroxyl groups is 2. The van der Waals surface area contributed by atoms with Crippen molar-refractivity contribution in [1.29, 1.82) is 0 Å². The van der Waals surface area contributed by atoms with E-state index in [4.69, 9.17) is 42.1 Å². The predicted molar refractivity (Wildman–Crippen MR) is 153 cm³/mol. The van der Waals surface area contributed by atoms with Crippen molar-refractivity contribution in [3.63, 3.8) is 0 Å². The zero-order chi connectivity index (χ0) is 28.9. The SMILES string of the molecule is CC[C@]1(C(O)Oc2c(Cl)c(C)c(Cl)c3c2Oc2ccc([C@@H](O)CC(C)C)c(OC)c2C(=O)OC3)C[C@H]2CC[C@@H]1C2. The molecular formula is C31H38Cl2O7. The molecule has 0 radical (unpaired) electrons. The summed E-state index contributed by atoms with van der Waals surface area (Å²) in [5.41, 5.74) is 1.07. The summed E-state index contributed by atoms with van der Waals surface area (Å²) < 4.78 is 24.0. The number of hydrogen-bond donors (Lipinski definition) is 2. The Kier molecular flexibility index (Phi) is 8.23. The Morgan fingerprint density at radius 2 is 1.90 bits per heavy atom. The fraction of sp³-hybridized carbons (Fsp3) is 0.581. The van der Waals surface area contributed by atoms with Crippen molar-refractivity contribution in [2.24, 2.45) is 23.2 Å². The summed E-state index contributed by atoms with van der Waals surface area (Å²) in [4.78, 5) is 13.3. The second-order valence-electron chi connectivity index (χ2n) is 11.9. The van der Waals surface area contributed by atoms with Crippen LogP contribution in [0.3, 0.4) is 0 Å². The van der Waals surface area contributed by atoms with Crippen LogP contribution in [-0.4, -0.2) is 29.6 Å². The van der Waals surface area contributed by atoms with Gasteiger partial charge in [-0.3, -0.25) is 0 Å². The van der Waals surface area contributed by atoms with Gasteiger partial charge in [-0.2, -0.15) is 0 Å². The molecule has 2 fully saturated rings. The predicted octanol–water partition coefficient (Wildman–Crippen LogP) is 7.77. The van der Waals surface area contributed by atoms with Gasteiger partial charge < -0.3 is 29.2 Å². The topological polar surface area (TPSA) is 94.5 Å². The third-order valence-electron chi connectivity index (χ3n) is 9.18. The molecule has 0 saturated heterocycles. The minimum atomic E-state index is -1.10. The number of aliphatic hydroxyl groups excluding tert-OH is 2. The molecule has 2 bridgehead atoms. The van der Waals surface area contributed by atoms with Crippen LogP contribution in [0.15, 0.2) is 12.1 Å². The molecule has 5 atom stereocenters. The monoisotopic (exact) mass is 592 g/mol. The number of rotatable bonds is 8. The fourth-order valence-corrected chi connectivity index (χ4v) is 7.54. The lowest BCUT2D eigenvalue weighted by molar-refractivity contribution is -0.141. The molecule has 40 heavy (non-hydrogen) atoms. The van der Waals surface area contributed by atoms with Gasteiger partial charge in [0.1, 0.15) is 23.7 Å². The van der Waals surface area contributed by atoms with E-state index in [1.807, 2.05) is 13.8 Å². The largest absolute Gasteiger partial charge is 0.495 e. The third-order valence-corrected chi connectivity index (χ3v) is 10.1. The second kappa shape index (κ2) is 11.2. The number of hydrogen-bond acceptors (Lipinski definition) is 7. The number of ether oxygens (including phenoxy) is 4. The third kappa shape index (κ3) is 4.83. The zero-order valence-electron chi connectivity index (χ0n) is 23.7. The number of halogens is 2. The van der Waals surface area contributed by atoms with E-state index >= 15 is 0 Å². The number of methoxy groups -OCH3 is 1. The normalized spacial score (nSPS) is 24.9. The molecule has 2 aromatic rings. The second-order valence-corrected chi connectivity index (χ2v) is 12.7. The highest BCUT2D eigenvalue weighted by molar-refractivity contribution is 6.37. The Balaban J connectivity index is 1.60. The van der Waals surface area contributed by atoms with Crippen LogP contribution >= 0.6 is 23.2 Å². The number of carbonyl (C=O) groups is 1. The minimum absolute atomic E-state index is 0.0471. The van der Waals surface area contributed by atoms with Gasteiger partial charge in [0.15, 0.2) is 11.5 Å². The molecule has 9 heteroatoms. The van der Waals surface area contributed by atoms with Crippen LogP contribution in [0.2, 0.25) is 10.0 Å². The molecule has 7 nitrogen and oxygen atoms in total. The van der Waals surface area contributed by atoms with Crippen LogP contribution in [0.1, 0.15) is 92.4 Å². The molecule has 0 aromatic heterocycles. The Bertz CT molecular complexity index is 1310. The summed E-state index contributed by atoms with van der Waals surface area (Å²) in [6, 6.07) is 3.27. The van der Waals surface area contributed by atoms with Gasteiger partial charge in [0, 0.05) is 11.0 Å². The lowest BCUT2D eigenvalue weighted by Crippen LogP contribution is -2.43. The number of carbonyl (C=O) groups excluding carboxylic acids is 1. The summed E-state index contributed by atoms with van der Waals surface area (Å²) in [6.45, 7) is 7.64. The van der Waals surface area contributed by atoms with Crippen molar-refractivity contribution >= 4 is 29.2 Å². The van der Waals surface area contributed by atoms with Crippen molar-refractivity contribution in [2.75, 3.05) is 7.11 Å². The molecule has 2 aliphatic carbocycles. The molecule has 2 saturated carbocycles. The summed E-state index contributed by atoms with van der Waals surface area (Å²) in [5, 5.41) is 22.9. The summed E-state index contributed by atoms with van der Waals surface area (Å²) in [5.74, 6) is 1.19. The molecule has 1 aliphatic heterocycles. The molecule has 2 N–H and O–H groups in total. The van der Waals surface area contributed by atoms with Gasteiger partial charge in [0.2, 0.25) is 6.29 Å². The van der Waals surface area contributed by atoms with Gasteiger partial charge in [-0.15, -0.1) is 0 Å². The molecule has 5 rings (SSSR count). The smallest absolute Gasteiger partial charge is 0.346 e. The summed E-state index contributed by atoms with van der Waals surface area (Å²) in [6.07, 6.45) is 3.58. The quantitative estimate of drug-likeness (QED) is 0.239. The Hall–Kier alpha value is -2.19. The van der Waals surface area contributed by atoms with E-state index in [-0.39, 0.29) is 51.5 Å². The molecule has 1 heterocycles. The van der Waals surface area contributed by atoms with Gasteiger partial charge >= 0.3 is 5.97 Å². The van der Waals surface area contributed by atoms with Crippen LogP contribution in [0.25, 0.3) is 0 Å². The Labute approximate surface area is 245 Å². The van der Waals surface area contributed by atoms with Crippen LogP contribution in [0.5, 0.6) is 23.0 Å². The average molecular weight is 594 g/mol. The van der Waals surface area contributed by atoms with Crippen molar-refractivity contribution in [3.8, 4) is 23.0 Å². The van der Waals surface area contributed by atoms with E-state index in [9.17, 15) is 15.0 Å². The number of fused-ring (bicyclic) bond motifs is 4. The average Bonchev–Trinajstić information content (AvgIpc) is 3.54. The van der Waals surface area contributed by atoms with Crippen LogP contribution < -0.4 is 14.2 Å². The number of benzene rings is 2. The molecule has 2 aromatic carbocycles. The molecule has 0 spiro atoms. The molecule has 0 amide bonds. The highest BCUT2D eigenvalue weighted by atomic mass is 35.5. The number of esters is 1. The van der Waals surface area contributed by atoms with E-state index in [2.05, 4.69) is 6.92 Å². The number of cyclic esters (lactones) is 1. The molecule has 1 unspecified atom stereocenters. The molecule has 3 aliphatic rings. The Morgan fingerprint density at radius 1 is 1.15 bits per heavy atom. The van der Waals surface area contributed by atoms with Gasteiger partial charge in [-0.25, -0.2) is 4.79 Å². The van der Waals surface area contributed by atoms with E-state index in [0.29, 0.717) is 40.0 Å². The van der Waals surface area contributed by atoms with E-state index in [1.165, 1.54) is 13.5 Å². The van der Waals surface area contributed by atoms with Crippen molar-refractivity contribution in [3.05, 3.63) is 44.4 Å². The van der Waals surface area contributed by atoms with Crippen LogP contribution in [0.4, 0.5) is 0 Å². The highest BCUT2D eigenvalue weighted by Gasteiger charge is 2.55. The maximum Gasteiger partial charge on any atom is 0.346 e. The van der Waals surface area contributed by atoms with Crippen LogP contribution in [0, 0.1) is 30.1 Å². The molecule has 218 valence electrons. The first-order valence-corrected chi connectivity index (χ1v) is 14.9. The van der Waals surface area contributed by atoms with E-state index < -0.39 is 18.4 Å². The fourth-order valence-electron chi connectivity index (χ4n) is 7.03. The van der Waals surface area contributed by atoms with Gasteiger partial charge in [0.25, 0.3) is 0 Å². The van der Waals surface area contributed by atoms with Gasteiger partial charge in [-0.05, 0) is 74.5 Å². The van der Waals surface area contributed by atoms with Crippen LogP contribution in [-0.2, 0) is 11.3 Å². The van der Waals surface area contributed by atoms with Crippen molar-refractivity contribution in [2.45, 2.75) is 85.2 Å². The minimum Gasteiger partial charge on any atom is -0.495 e. The summed E-state index contributed by atoms with van der Waals surface area (Å²) >= 11 is 13.5. The lowest BCUT2D eigenvalue weighted by atomic mass is 9.70. The van der Waals surface area contributed by atoms with Gasteiger partial charge in [-0.1, -0.05) is 50.4 Å². The maximum absolute atomic E-state index is 13.3. The van der Waals surface area contributed by atoms with Gasteiger partial charge in [0.05, 0.1) is 28.8 Å². The Morgan fingerprint density at radius 3 is 2.50 bits per heavy atom. The van der Waals surface area contributed by atoms with E-state index in [0.717, 1.165) is 25.7 Å². The first kappa shape index (κ1) is 29.3. The standard InChI is InChI=1S/C31H38Cl2O7/c1-6-31(13-17-7-8-18(31)12-17)30(36)40-28-25(33)16(4)24(32)20-14-38-29(35)23-22(39-27(20)28)10-9-19(26(23)37-5)21(34)11-15(2)3/h9-10,15,17-18,21,30,34,36H,6-8,11-14H2,1-5H3/t17-,18+,21-,30?,31-/m0/s1. The van der Waals surface area contributed by atoms with Crippen molar-refractivity contribution in [1.82, 2.24) is 0 Å². The zero-order valence-corrected chi connectivity index (χ0v) is 25.2. The highest BCUT2D eigenvalue weighted by Crippen LogP contribution is 2.60. The first-order valence-electron chi connectivity index (χ1n) is 14.1. The first-order chi connectivity index (χ1) is 19.0. The molecular weight excluding hydrogens is 555 g/mol. The summed E-state index contributed by atoms with van der Waals surface area (Å²) in [7, 11) is 1.43. The van der Waals surface area contributed by atoms with Crippen molar-refractivity contribution < 1.29 is 34.0 Å².